The van der Waals surface area contributed by atoms with Crippen LogP contribution in [0.15, 0.2) is 0 Å². The lowest BCUT2D eigenvalue weighted by molar-refractivity contribution is 0.121. The largest absolute Gasteiger partial charge is 0.381 e. The molecule has 3 N–H and O–H groups in total. The Morgan fingerprint density at radius 2 is 2.00 bits per heavy atom. The number of hydrogen-bond donors (Lipinski definition) is 2. The zero-order valence-corrected chi connectivity index (χ0v) is 10.9. The number of nitrogens with two attached hydrogens (primary N) is 1. The Morgan fingerprint density at radius 3 is 2.56 bits per heavy atom. The number of ether oxygens (including phenoxy) is 1. The Bertz CT molecular complexity index is 177. The summed E-state index contributed by atoms with van der Waals surface area (Å²) in [4.78, 5) is 0. The van der Waals surface area contributed by atoms with Gasteiger partial charge in [0.2, 0.25) is 0 Å². The summed E-state index contributed by atoms with van der Waals surface area (Å²) in [5.41, 5.74) is 6.17. The van der Waals surface area contributed by atoms with Crippen molar-refractivity contribution >= 4 is 0 Å². The van der Waals surface area contributed by atoms with Crippen molar-refractivity contribution in [2.75, 3.05) is 26.3 Å². The topological polar surface area (TPSA) is 47.3 Å². The van der Waals surface area contributed by atoms with Crippen LogP contribution in [0.25, 0.3) is 0 Å². The minimum atomic E-state index is -0.0190. The minimum absolute atomic E-state index is 0.0190. The lowest BCUT2D eigenvalue weighted by atomic mass is 9.94. The molecule has 0 saturated heterocycles. The molecule has 1 rings (SSSR count). The van der Waals surface area contributed by atoms with Gasteiger partial charge in [0.15, 0.2) is 0 Å². The molecule has 1 aliphatic carbocycles. The fraction of sp³-hybridized carbons (Fsp3) is 1.00. The average Bonchev–Trinajstić information content (AvgIpc) is 3.11. The standard InChI is InChI=1S/C13H28N2O/c1-3-13(14,4-2)11-15-8-5-9-16-10-12-6-7-12/h12,15H,3-11,14H2,1-2H3. The second-order valence-electron chi connectivity index (χ2n) is 5.12. The average molecular weight is 228 g/mol. The summed E-state index contributed by atoms with van der Waals surface area (Å²) in [6.07, 6.45) is 5.92. The Balaban J connectivity index is 1.86. The second-order valence-corrected chi connectivity index (χ2v) is 5.12. The molecule has 3 nitrogen and oxygen atoms in total. The Morgan fingerprint density at radius 1 is 1.31 bits per heavy atom. The quantitative estimate of drug-likeness (QED) is 0.562. The molecule has 0 aliphatic heterocycles. The maximum Gasteiger partial charge on any atom is 0.0494 e. The third-order valence-electron chi connectivity index (χ3n) is 3.58. The van der Waals surface area contributed by atoms with Crippen LogP contribution < -0.4 is 11.1 Å². The van der Waals surface area contributed by atoms with E-state index in [0.717, 1.165) is 51.5 Å². The Kier molecular flexibility index (Phi) is 6.32. The molecule has 96 valence electrons. The Hall–Kier alpha value is -0.120. The normalized spacial score (nSPS) is 16.7. The zero-order valence-electron chi connectivity index (χ0n) is 10.9. The van der Waals surface area contributed by atoms with Gasteiger partial charge in [-0.2, -0.15) is 0 Å². The van der Waals surface area contributed by atoms with Crippen LogP contribution in [0.5, 0.6) is 0 Å². The van der Waals surface area contributed by atoms with E-state index in [1.54, 1.807) is 0 Å². The molecule has 0 spiro atoms. The predicted molar refractivity (Wildman–Crippen MR) is 68.5 cm³/mol. The van der Waals surface area contributed by atoms with Crippen LogP contribution in [0.3, 0.4) is 0 Å². The predicted octanol–water partition coefficient (Wildman–Crippen LogP) is 1.91. The van der Waals surface area contributed by atoms with E-state index >= 15 is 0 Å². The van der Waals surface area contributed by atoms with Gasteiger partial charge < -0.3 is 15.8 Å². The van der Waals surface area contributed by atoms with E-state index in [1.807, 2.05) is 0 Å². The van der Waals surface area contributed by atoms with Gasteiger partial charge in [0.1, 0.15) is 0 Å². The summed E-state index contributed by atoms with van der Waals surface area (Å²) in [6.45, 7) is 8.12. The smallest absolute Gasteiger partial charge is 0.0494 e. The van der Waals surface area contributed by atoms with E-state index in [2.05, 4.69) is 19.2 Å². The van der Waals surface area contributed by atoms with Crippen molar-refractivity contribution in [3.8, 4) is 0 Å². The van der Waals surface area contributed by atoms with E-state index in [4.69, 9.17) is 10.5 Å². The van der Waals surface area contributed by atoms with E-state index in [-0.39, 0.29) is 5.54 Å². The second kappa shape index (κ2) is 7.25. The van der Waals surface area contributed by atoms with Crippen LogP contribution in [0.2, 0.25) is 0 Å². The molecule has 16 heavy (non-hydrogen) atoms. The van der Waals surface area contributed by atoms with Crippen LogP contribution in [0.4, 0.5) is 0 Å². The molecule has 0 aromatic carbocycles. The van der Waals surface area contributed by atoms with Gasteiger partial charge in [-0.25, -0.2) is 0 Å². The van der Waals surface area contributed by atoms with Crippen LogP contribution >= 0.6 is 0 Å². The van der Waals surface area contributed by atoms with E-state index in [9.17, 15) is 0 Å². The van der Waals surface area contributed by atoms with Gasteiger partial charge in [-0.15, -0.1) is 0 Å². The van der Waals surface area contributed by atoms with E-state index < -0.39 is 0 Å². The molecule has 1 saturated carbocycles. The lowest BCUT2D eigenvalue weighted by Crippen LogP contribution is -2.48. The highest BCUT2D eigenvalue weighted by Gasteiger charge is 2.21. The first-order valence-corrected chi connectivity index (χ1v) is 6.77. The number of hydrogen-bond acceptors (Lipinski definition) is 3. The summed E-state index contributed by atoms with van der Waals surface area (Å²) < 4.78 is 5.57. The maximum absolute atomic E-state index is 6.19. The molecule has 1 fully saturated rings. The fourth-order valence-electron chi connectivity index (χ4n) is 1.67. The highest BCUT2D eigenvalue weighted by atomic mass is 16.5. The van der Waals surface area contributed by atoms with Gasteiger partial charge in [0.05, 0.1) is 0 Å². The van der Waals surface area contributed by atoms with Crippen LogP contribution in [-0.2, 0) is 4.74 Å². The summed E-state index contributed by atoms with van der Waals surface area (Å²) in [5, 5.41) is 3.43. The van der Waals surface area contributed by atoms with Crippen LogP contribution in [0, 0.1) is 5.92 Å². The van der Waals surface area contributed by atoms with Crippen molar-refractivity contribution in [2.24, 2.45) is 11.7 Å². The molecule has 0 unspecified atom stereocenters. The molecule has 0 aromatic heterocycles. The van der Waals surface area contributed by atoms with Crippen molar-refractivity contribution in [3.05, 3.63) is 0 Å². The first-order valence-electron chi connectivity index (χ1n) is 6.77. The summed E-state index contributed by atoms with van der Waals surface area (Å²) in [7, 11) is 0. The number of nitrogens with one attached hydrogen (secondary N) is 1. The maximum atomic E-state index is 6.19. The van der Waals surface area contributed by atoms with Gasteiger partial charge >= 0.3 is 0 Å². The van der Waals surface area contributed by atoms with E-state index in [0.29, 0.717) is 0 Å². The molecule has 0 bridgehead atoms. The first-order chi connectivity index (χ1) is 7.70. The van der Waals surface area contributed by atoms with Gasteiger partial charge in [0.25, 0.3) is 0 Å². The van der Waals surface area contributed by atoms with Gasteiger partial charge in [0, 0.05) is 25.3 Å². The molecule has 0 radical (unpaired) electrons. The molecule has 0 aromatic rings. The highest BCUT2D eigenvalue weighted by Crippen LogP contribution is 2.28. The van der Waals surface area contributed by atoms with Crippen LogP contribution in [-0.4, -0.2) is 31.8 Å². The molecule has 0 amide bonds. The van der Waals surface area contributed by atoms with Crippen LogP contribution in [0.1, 0.15) is 46.0 Å². The fourth-order valence-corrected chi connectivity index (χ4v) is 1.67. The molecule has 3 heteroatoms. The molecule has 1 aliphatic rings. The van der Waals surface area contributed by atoms with Crippen molar-refractivity contribution in [2.45, 2.75) is 51.5 Å². The van der Waals surface area contributed by atoms with Crippen molar-refractivity contribution in [3.63, 3.8) is 0 Å². The van der Waals surface area contributed by atoms with Crippen molar-refractivity contribution in [1.82, 2.24) is 5.32 Å². The minimum Gasteiger partial charge on any atom is -0.381 e. The highest BCUT2D eigenvalue weighted by molar-refractivity contribution is 4.83. The Labute approximate surface area is 100 Å². The molecule has 0 heterocycles. The first kappa shape index (κ1) is 13.9. The third kappa shape index (κ3) is 5.83. The third-order valence-corrected chi connectivity index (χ3v) is 3.58. The van der Waals surface area contributed by atoms with Crippen molar-refractivity contribution in [1.29, 1.82) is 0 Å². The molecule has 0 atom stereocenters. The van der Waals surface area contributed by atoms with Gasteiger partial charge in [-0.05, 0) is 44.6 Å². The van der Waals surface area contributed by atoms with Gasteiger partial charge in [-0.1, -0.05) is 13.8 Å². The molecular formula is C13H28N2O. The summed E-state index contributed by atoms with van der Waals surface area (Å²) in [6, 6.07) is 0. The summed E-state index contributed by atoms with van der Waals surface area (Å²) >= 11 is 0. The SMILES string of the molecule is CCC(N)(CC)CNCCCOCC1CC1. The number of rotatable bonds is 10. The van der Waals surface area contributed by atoms with E-state index in [1.165, 1.54) is 12.8 Å². The summed E-state index contributed by atoms with van der Waals surface area (Å²) in [5.74, 6) is 0.879. The lowest BCUT2D eigenvalue weighted by Gasteiger charge is -2.26. The van der Waals surface area contributed by atoms with Gasteiger partial charge in [-0.3, -0.25) is 0 Å². The monoisotopic (exact) mass is 228 g/mol. The zero-order chi connectivity index (χ0) is 11.9. The van der Waals surface area contributed by atoms with Crippen molar-refractivity contribution < 1.29 is 4.74 Å². The molecular weight excluding hydrogens is 200 g/mol.